The molecule has 3 nitrogen and oxygen atoms in total. The van der Waals surface area contributed by atoms with Crippen molar-refractivity contribution < 1.29 is 14.3 Å². The van der Waals surface area contributed by atoms with E-state index in [4.69, 9.17) is 9.47 Å². The number of carbonyl (C=O) groups is 1. The second-order valence-electron chi connectivity index (χ2n) is 3.30. The van der Waals surface area contributed by atoms with Crippen molar-refractivity contribution in [3.63, 3.8) is 0 Å². The van der Waals surface area contributed by atoms with E-state index in [9.17, 15) is 4.79 Å². The van der Waals surface area contributed by atoms with E-state index in [1.54, 1.807) is 14.0 Å². The molecular weight excluding hydrogens is 224 g/mol. The van der Waals surface area contributed by atoms with Gasteiger partial charge >= 0.3 is 5.97 Å². The third-order valence-electron chi connectivity index (χ3n) is 2.20. The van der Waals surface area contributed by atoms with E-state index in [0.717, 1.165) is 16.2 Å². The number of ether oxygens (including phenoxy) is 2. The Balaban J connectivity index is 2.57. The van der Waals surface area contributed by atoms with E-state index >= 15 is 0 Å². The van der Waals surface area contributed by atoms with Crippen LogP contribution < -0.4 is 4.74 Å². The van der Waals surface area contributed by atoms with Crippen molar-refractivity contribution in [1.29, 1.82) is 0 Å². The predicted octanol–water partition coefficient (Wildman–Crippen LogP) is 2.48. The Morgan fingerprint density at radius 2 is 2.19 bits per heavy atom. The summed E-state index contributed by atoms with van der Waals surface area (Å²) in [7, 11) is 1.61. The maximum Gasteiger partial charge on any atom is 0.306 e. The van der Waals surface area contributed by atoms with Crippen molar-refractivity contribution in [2.24, 2.45) is 0 Å². The van der Waals surface area contributed by atoms with E-state index < -0.39 is 0 Å². The SMILES string of the molecule is CCOC(=O)CCc1ccc(OC)cc1S. The molecule has 0 aliphatic carbocycles. The Morgan fingerprint density at radius 3 is 2.75 bits per heavy atom. The largest absolute Gasteiger partial charge is 0.497 e. The molecule has 0 radical (unpaired) electrons. The first-order valence-electron chi connectivity index (χ1n) is 5.19. The molecule has 88 valence electrons. The van der Waals surface area contributed by atoms with Crippen LogP contribution in [0.15, 0.2) is 23.1 Å². The number of hydrogen-bond donors (Lipinski definition) is 1. The van der Waals surface area contributed by atoms with Crippen molar-refractivity contribution >= 4 is 18.6 Å². The van der Waals surface area contributed by atoms with Crippen LogP contribution >= 0.6 is 12.6 Å². The van der Waals surface area contributed by atoms with Gasteiger partial charge in [0.2, 0.25) is 0 Å². The maximum atomic E-state index is 11.2. The number of benzene rings is 1. The summed E-state index contributed by atoms with van der Waals surface area (Å²) >= 11 is 4.34. The Morgan fingerprint density at radius 1 is 1.44 bits per heavy atom. The third kappa shape index (κ3) is 3.77. The fourth-order valence-electron chi connectivity index (χ4n) is 1.35. The van der Waals surface area contributed by atoms with E-state index in [1.807, 2.05) is 18.2 Å². The lowest BCUT2D eigenvalue weighted by Crippen LogP contribution is -2.05. The first kappa shape index (κ1) is 12.9. The monoisotopic (exact) mass is 240 g/mol. The molecule has 0 aromatic heterocycles. The summed E-state index contributed by atoms with van der Waals surface area (Å²) in [5, 5.41) is 0. The van der Waals surface area contributed by atoms with Gasteiger partial charge in [-0.1, -0.05) is 6.07 Å². The van der Waals surface area contributed by atoms with Crippen LogP contribution in [-0.4, -0.2) is 19.7 Å². The van der Waals surface area contributed by atoms with Crippen LogP contribution in [0.25, 0.3) is 0 Å². The highest BCUT2D eigenvalue weighted by Gasteiger charge is 2.05. The minimum atomic E-state index is -0.175. The fraction of sp³-hybridized carbons (Fsp3) is 0.417. The number of methoxy groups -OCH3 is 1. The molecule has 0 N–H and O–H groups in total. The Bertz CT molecular complexity index is 363. The van der Waals surface area contributed by atoms with E-state index in [0.29, 0.717) is 19.4 Å². The van der Waals surface area contributed by atoms with Gasteiger partial charge in [0.15, 0.2) is 0 Å². The number of hydrogen-bond acceptors (Lipinski definition) is 4. The lowest BCUT2D eigenvalue weighted by molar-refractivity contribution is -0.143. The van der Waals surface area contributed by atoms with Crippen LogP contribution in [0.5, 0.6) is 5.75 Å². The van der Waals surface area contributed by atoms with Crippen molar-refractivity contribution in [3.8, 4) is 5.75 Å². The summed E-state index contributed by atoms with van der Waals surface area (Å²) < 4.78 is 9.93. The van der Waals surface area contributed by atoms with Gasteiger partial charge < -0.3 is 9.47 Å². The zero-order valence-corrected chi connectivity index (χ0v) is 10.4. The first-order valence-corrected chi connectivity index (χ1v) is 5.63. The van der Waals surface area contributed by atoms with E-state index in [2.05, 4.69) is 12.6 Å². The number of rotatable bonds is 5. The van der Waals surface area contributed by atoms with Gasteiger partial charge in [-0.05, 0) is 31.0 Å². The van der Waals surface area contributed by atoms with Gasteiger partial charge in [0.1, 0.15) is 5.75 Å². The second kappa shape index (κ2) is 6.43. The third-order valence-corrected chi connectivity index (χ3v) is 2.61. The second-order valence-corrected chi connectivity index (χ2v) is 3.78. The van der Waals surface area contributed by atoms with Crippen molar-refractivity contribution in [3.05, 3.63) is 23.8 Å². The standard InChI is InChI=1S/C12H16O3S/c1-3-15-12(13)7-5-9-4-6-10(14-2)8-11(9)16/h4,6,8,16H,3,5,7H2,1-2H3. The van der Waals surface area contributed by atoms with E-state index in [-0.39, 0.29) is 5.97 Å². The average Bonchev–Trinajstić information content (AvgIpc) is 2.27. The van der Waals surface area contributed by atoms with Crippen LogP contribution in [0.2, 0.25) is 0 Å². The minimum Gasteiger partial charge on any atom is -0.497 e. The fourth-order valence-corrected chi connectivity index (χ4v) is 1.67. The highest BCUT2D eigenvalue weighted by Crippen LogP contribution is 2.21. The molecule has 0 atom stereocenters. The molecular formula is C12H16O3S. The summed E-state index contributed by atoms with van der Waals surface area (Å²) in [4.78, 5) is 12.0. The van der Waals surface area contributed by atoms with Crippen LogP contribution in [0.4, 0.5) is 0 Å². The van der Waals surface area contributed by atoms with Gasteiger partial charge in [-0.3, -0.25) is 4.79 Å². The van der Waals surface area contributed by atoms with Gasteiger partial charge in [0.05, 0.1) is 13.7 Å². The van der Waals surface area contributed by atoms with Gasteiger partial charge in [-0.25, -0.2) is 0 Å². The molecule has 1 aromatic rings. The molecule has 0 bridgehead atoms. The maximum absolute atomic E-state index is 11.2. The highest BCUT2D eigenvalue weighted by atomic mass is 32.1. The molecule has 0 fully saturated rings. The lowest BCUT2D eigenvalue weighted by Gasteiger charge is -2.07. The first-order chi connectivity index (χ1) is 7.67. The van der Waals surface area contributed by atoms with Crippen LogP contribution in [0.1, 0.15) is 18.9 Å². The molecule has 1 aromatic carbocycles. The number of aryl methyl sites for hydroxylation is 1. The molecule has 0 amide bonds. The molecule has 0 aliphatic heterocycles. The van der Waals surface area contributed by atoms with Crippen LogP contribution in [0.3, 0.4) is 0 Å². The molecule has 0 saturated carbocycles. The summed E-state index contributed by atoms with van der Waals surface area (Å²) in [6, 6.07) is 5.62. The number of carbonyl (C=O) groups excluding carboxylic acids is 1. The number of thiol groups is 1. The van der Waals surface area contributed by atoms with Gasteiger partial charge in [0.25, 0.3) is 0 Å². The Hall–Kier alpha value is -1.16. The van der Waals surface area contributed by atoms with Gasteiger partial charge in [0, 0.05) is 11.3 Å². The van der Waals surface area contributed by atoms with Crippen LogP contribution in [-0.2, 0) is 16.0 Å². The zero-order valence-electron chi connectivity index (χ0n) is 9.53. The Kier molecular flexibility index (Phi) is 5.19. The van der Waals surface area contributed by atoms with Gasteiger partial charge in [-0.15, -0.1) is 12.6 Å². The average molecular weight is 240 g/mol. The molecule has 1 rings (SSSR count). The van der Waals surface area contributed by atoms with Crippen LogP contribution in [0, 0.1) is 0 Å². The number of esters is 1. The molecule has 16 heavy (non-hydrogen) atoms. The normalized spacial score (nSPS) is 9.94. The topological polar surface area (TPSA) is 35.5 Å². The molecule has 0 unspecified atom stereocenters. The summed E-state index contributed by atoms with van der Waals surface area (Å²) in [6.45, 7) is 2.23. The molecule has 0 saturated heterocycles. The summed E-state index contributed by atoms with van der Waals surface area (Å²) in [5.41, 5.74) is 1.03. The molecule has 0 heterocycles. The van der Waals surface area contributed by atoms with Crippen molar-refractivity contribution in [2.75, 3.05) is 13.7 Å². The smallest absolute Gasteiger partial charge is 0.306 e. The minimum absolute atomic E-state index is 0.175. The lowest BCUT2D eigenvalue weighted by atomic mass is 10.1. The molecule has 0 spiro atoms. The summed E-state index contributed by atoms with van der Waals surface area (Å²) in [5.74, 6) is 0.593. The molecule has 0 aliphatic rings. The van der Waals surface area contributed by atoms with Crippen molar-refractivity contribution in [1.82, 2.24) is 0 Å². The van der Waals surface area contributed by atoms with E-state index in [1.165, 1.54) is 0 Å². The highest BCUT2D eigenvalue weighted by molar-refractivity contribution is 7.80. The molecule has 4 heteroatoms. The summed E-state index contributed by atoms with van der Waals surface area (Å²) in [6.07, 6.45) is 1.02. The zero-order chi connectivity index (χ0) is 12.0. The Labute approximate surface area is 101 Å². The van der Waals surface area contributed by atoms with Crippen molar-refractivity contribution in [2.45, 2.75) is 24.7 Å². The quantitative estimate of drug-likeness (QED) is 0.634. The van der Waals surface area contributed by atoms with Gasteiger partial charge in [-0.2, -0.15) is 0 Å². The predicted molar refractivity (Wildman–Crippen MR) is 65.2 cm³/mol.